The van der Waals surface area contributed by atoms with Gasteiger partial charge in [0.1, 0.15) is 17.1 Å². The highest BCUT2D eigenvalue weighted by molar-refractivity contribution is 6.09. The number of rotatable bonds is 5. The zero-order valence-electron chi connectivity index (χ0n) is 17.4. The number of methoxy groups -OCH3 is 2. The summed E-state index contributed by atoms with van der Waals surface area (Å²) in [6.07, 6.45) is 3.48. The van der Waals surface area contributed by atoms with Crippen LogP contribution in [0.1, 0.15) is 23.2 Å². The Balaban J connectivity index is 1.63. The Labute approximate surface area is 176 Å². The standard InChI is InChI=1S/C22H27N5O3/c1-29-13-11-24-21-22(26-18-8-4-10-23-19(18)25-21)9-5-12-27(15-22)20(28)16-6-3-7-17(14-16)30-2/h3-4,6-8,10,14,26H,5,9,11-13,15H2,1-2H3,(H,23,24,25)/t22-/m0/s1. The molecular weight excluding hydrogens is 382 g/mol. The molecule has 1 saturated heterocycles. The number of aromatic nitrogens is 1. The third-order valence-electron chi connectivity index (χ3n) is 5.53. The number of ether oxygens (including phenoxy) is 2. The quantitative estimate of drug-likeness (QED) is 0.738. The summed E-state index contributed by atoms with van der Waals surface area (Å²) in [6, 6.07) is 11.2. The second kappa shape index (κ2) is 8.71. The number of fused-ring (bicyclic) bond motifs is 1. The summed E-state index contributed by atoms with van der Waals surface area (Å²) in [5, 5.41) is 7.03. The van der Waals surface area contributed by atoms with Crippen molar-refractivity contribution in [1.82, 2.24) is 9.88 Å². The highest BCUT2D eigenvalue weighted by atomic mass is 16.5. The molecule has 1 atom stereocenters. The van der Waals surface area contributed by atoms with E-state index in [1.54, 1.807) is 26.5 Å². The van der Waals surface area contributed by atoms with E-state index < -0.39 is 5.54 Å². The molecule has 0 bridgehead atoms. The van der Waals surface area contributed by atoms with Crippen molar-refractivity contribution in [2.45, 2.75) is 18.4 Å². The van der Waals surface area contributed by atoms with Crippen molar-refractivity contribution in [1.29, 1.82) is 0 Å². The number of amidine groups is 1. The molecule has 8 heteroatoms. The van der Waals surface area contributed by atoms with Crippen LogP contribution >= 0.6 is 0 Å². The van der Waals surface area contributed by atoms with Crippen molar-refractivity contribution >= 4 is 23.2 Å². The summed E-state index contributed by atoms with van der Waals surface area (Å²) in [7, 11) is 3.26. The van der Waals surface area contributed by atoms with Gasteiger partial charge in [-0.3, -0.25) is 9.79 Å². The normalized spacial score (nSPS) is 21.7. The van der Waals surface area contributed by atoms with Gasteiger partial charge in [0, 0.05) is 25.4 Å². The molecule has 1 amide bonds. The van der Waals surface area contributed by atoms with Crippen LogP contribution in [0.4, 0.5) is 11.5 Å². The predicted molar refractivity (Wildman–Crippen MR) is 117 cm³/mol. The number of pyridine rings is 1. The summed E-state index contributed by atoms with van der Waals surface area (Å²) in [4.78, 5) is 24.3. The first kappa shape index (κ1) is 20.2. The molecule has 2 aromatic rings. The molecule has 1 aromatic heterocycles. The average molecular weight is 409 g/mol. The van der Waals surface area contributed by atoms with Gasteiger partial charge in [0.25, 0.3) is 5.91 Å². The Hall–Kier alpha value is -3.13. The van der Waals surface area contributed by atoms with Crippen LogP contribution in [0, 0.1) is 0 Å². The molecule has 30 heavy (non-hydrogen) atoms. The molecule has 0 unspecified atom stereocenters. The number of benzene rings is 1. The molecule has 8 nitrogen and oxygen atoms in total. The highest BCUT2D eigenvalue weighted by Crippen LogP contribution is 2.35. The van der Waals surface area contributed by atoms with Crippen LogP contribution in [0.2, 0.25) is 0 Å². The molecule has 0 saturated carbocycles. The molecular formula is C22H27N5O3. The molecule has 1 fully saturated rings. The molecule has 2 aliphatic heterocycles. The third-order valence-corrected chi connectivity index (χ3v) is 5.53. The van der Waals surface area contributed by atoms with Crippen molar-refractivity contribution in [3.8, 4) is 5.75 Å². The van der Waals surface area contributed by atoms with Crippen molar-refractivity contribution in [2.75, 3.05) is 51.1 Å². The van der Waals surface area contributed by atoms with Crippen LogP contribution in [0.15, 0.2) is 47.6 Å². The van der Waals surface area contributed by atoms with Crippen molar-refractivity contribution < 1.29 is 14.3 Å². The van der Waals surface area contributed by atoms with Gasteiger partial charge in [-0.1, -0.05) is 6.07 Å². The van der Waals surface area contributed by atoms with Gasteiger partial charge in [0.15, 0.2) is 5.82 Å². The van der Waals surface area contributed by atoms with E-state index in [1.165, 1.54) is 0 Å². The fourth-order valence-electron chi connectivity index (χ4n) is 4.06. The number of likely N-dealkylation sites (tertiary alicyclic amines) is 1. The van der Waals surface area contributed by atoms with Gasteiger partial charge in [0.2, 0.25) is 0 Å². The van der Waals surface area contributed by atoms with E-state index in [4.69, 9.17) is 14.5 Å². The van der Waals surface area contributed by atoms with E-state index >= 15 is 0 Å². The van der Waals surface area contributed by atoms with Gasteiger partial charge < -0.3 is 25.0 Å². The lowest BCUT2D eigenvalue weighted by Gasteiger charge is -2.47. The number of aliphatic imine (C=N–C) groups is 1. The number of hydrogen-bond acceptors (Lipinski definition) is 6. The van der Waals surface area contributed by atoms with Gasteiger partial charge in [0.05, 0.1) is 32.5 Å². The summed E-state index contributed by atoms with van der Waals surface area (Å²) in [5.41, 5.74) is 1.05. The minimum absolute atomic E-state index is 0.0111. The van der Waals surface area contributed by atoms with Crippen LogP contribution in [-0.4, -0.2) is 67.6 Å². The first-order chi connectivity index (χ1) is 14.6. The largest absolute Gasteiger partial charge is 0.497 e. The second-order valence-corrected chi connectivity index (χ2v) is 7.52. The summed E-state index contributed by atoms with van der Waals surface area (Å²) >= 11 is 0. The lowest BCUT2D eigenvalue weighted by atomic mass is 9.85. The maximum absolute atomic E-state index is 13.3. The average Bonchev–Trinajstić information content (AvgIpc) is 2.79. The Morgan fingerprint density at radius 2 is 2.20 bits per heavy atom. The van der Waals surface area contributed by atoms with Crippen molar-refractivity contribution in [3.63, 3.8) is 0 Å². The fraction of sp³-hybridized carbons (Fsp3) is 0.409. The lowest BCUT2D eigenvalue weighted by Crippen LogP contribution is -2.62. The van der Waals surface area contributed by atoms with Crippen LogP contribution in [0.25, 0.3) is 0 Å². The molecule has 2 N–H and O–H groups in total. The van der Waals surface area contributed by atoms with Crippen LogP contribution in [0.3, 0.4) is 0 Å². The Kier molecular flexibility index (Phi) is 5.85. The van der Waals surface area contributed by atoms with Crippen LogP contribution in [-0.2, 0) is 4.74 Å². The van der Waals surface area contributed by atoms with Gasteiger partial charge in [-0.05, 0) is 43.2 Å². The van der Waals surface area contributed by atoms with Crippen molar-refractivity contribution in [3.05, 3.63) is 48.2 Å². The van der Waals surface area contributed by atoms with E-state index in [1.807, 2.05) is 35.2 Å². The minimum Gasteiger partial charge on any atom is -0.497 e. The molecule has 0 radical (unpaired) electrons. The monoisotopic (exact) mass is 409 g/mol. The number of amides is 1. The summed E-state index contributed by atoms with van der Waals surface area (Å²) < 4.78 is 10.5. The van der Waals surface area contributed by atoms with Gasteiger partial charge in [-0.15, -0.1) is 0 Å². The van der Waals surface area contributed by atoms with Crippen LogP contribution < -0.4 is 15.4 Å². The molecule has 4 rings (SSSR count). The maximum Gasteiger partial charge on any atom is 0.254 e. The summed E-state index contributed by atoms with van der Waals surface area (Å²) in [6.45, 7) is 2.28. The lowest BCUT2D eigenvalue weighted by molar-refractivity contribution is 0.0694. The summed E-state index contributed by atoms with van der Waals surface area (Å²) in [5.74, 6) is 2.21. The Morgan fingerprint density at radius 1 is 1.30 bits per heavy atom. The molecule has 3 heterocycles. The fourth-order valence-corrected chi connectivity index (χ4v) is 4.06. The topological polar surface area (TPSA) is 88.1 Å². The third kappa shape index (κ3) is 3.95. The van der Waals surface area contributed by atoms with Gasteiger partial charge in [-0.2, -0.15) is 0 Å². The smallest absolute Gasteiger partial charge is 0.254 e. The Morgan fingerprint density at radius 3 is 3.03 bits per heavy atom. The zero-order valence-corrected chi connectivity index (χ0v) is 17.4. The predicted octanol–water partition coefficient (Wildman–Crippen LogP) is 2.65. The number of carbonyl (C=O) groups excluding carboxylic acids is 1. The Bertz CT molecular complexity index is 948. The minimum atomic E-state index is -0.490. The van der Waals surface area contributed by atoms with E-state index in [0.717, 1.165) is 30.2 Å². The number of hydrogen-bond donors (Lipinski definition) is 2. The first-order valence-corrected chi connectivity index (χ1v) is 10.1. The van der Waals surface area contributed by atoms with E-state index in [-0.39, 0.29) is 5.91 Å². The molecule has 1 spiro atoms. The molecule has 0 aliphatic carbocycles. The highest BCUT2D eigenvalue weighted by Gasteiger charge is 2.45. The van der Waals surface area contributed by atoms with E-state index in [9.17, 15) is 4.79 Å². The number of anilines is 2. The number of nitrogens with zero attached hydrogens (tertiary/aromatic N) is 3. The van der Waals surface area contributed by atoms with Gasteiger partial charge >= 0.3 is 0 Å². The number of piperidine rings is 1. The van der Waals surface area contributed by atoms with E-state index in [2.05, 4.69) is 15.6 Å². The van der Waals surface area contributed by atoms with Gasteiger partial charge in [-0.25, -0.2) is 4.98 Å². The van der Waals surface area contributed by atoms with Crippen molar-refractivity contribution in [2.24, 2.45) is 4.99 Å². The molecule has 1 aromatic carbocycles. The second-order valence-electron chi connectivity index (χ2n) is 7.52. The zero-order chi connectivity index (χ0) is 21.0. The molecule has 158 valence electrons. The van der Waals surface area contributed by atoms with Crippen LogP contribution in [0.5, 0.6) is 5.75 Å². The van der Waals surface area contributed by atoms with E-state index in [0.29, 0.717) is 37.6 Å². The molecule has 2 aliphatic rings. The number of nitrogens with one attached hydrogen (secondary N) is 2. The first-order valence-electron chi connectivity index (χ1n) is 10.1. The SMILES string of the molecule is COCCN=C1Nc2ncccc2N[C@]12CCCN(C(=O)c1cccc(OC)c1)C2. The maximum atomic E-state index is 13.3. The number of carbonyl (C=O) groups is 1.